The van der Waals surface area contributed by atoms with Gasteiger partial charge < -0.3 is 14.6 Å². The van der Waals surface area contributed by atoms with E-state index in [1.165, 1.54) is 6.92 Å². The van der Waals surface area contributed by atoms with Crippen LogP contribution in [0.5, 0.6) is 0 Å². The van der Waals surface area contributed by atoms with E-state index in [0.29, 0.717) is 25.0 Å². The van der Waals surface area contributed by atoms with Crippen molar-refractivity contribution in [2.75, 3.05) is 13.2 Å². The minimum absolute atomic E-state index is 0.212. The molecule has 0 radical (unpaired) electrons. The van der Waals surface area contributed by atoms with Crippen LogP contribution in [0, 0.1) is 17.8 Å². The second-order valence-electron chi connectivity index (χ2n) is 3.43. The van der Waals surface area contributed by atoms with Gasteiger partial charge in [0.25, 0.3) is 0 Å². The van der Waals surface area contributed by atoms with Crippen LogP contribution in [-0.2, 0) is 14.3 Å². The van der Waals surface area contributed by atoms with Gasteiger partial charge in [-0.1, -0.05) is 0 Å². The van der Waals surface area contributed by atoms with Crippen molar-refractivity contribution < 1.29 is 19.4 Å². The number of carbonyl (C=O) groups excluding carboxylic acids is 1. The zero-order valence-corrected chi connectivity index (χ0v) is 6.90. The first kappa shape index (κ1) is 8.01. The highest BCUT2D eigenvalue weighted by molar-refractivity contribution is 5.65. The number of ether oxygens (including phenoxy) is 2. The number of aliphatic hydroxyl groups is 1. The third-order valence-electron chi connectivity index (χ3n) is 2.67. The topological polar surface area (TPSA) is 55.8 Å². The van der Waals surface area contributed by atoms with Gasteiger partial charge in [-0.2, -0.15) is 0 Å². The van der Waals surface area contributed by atoms with Gasteiger partial charge >= 0.3 is 5.97 Å². The number of esters is 1. The Bertz CT molecular complexity index is 203. The van der Waals surface area contributed by atoms with Crippen LogP contribution in [0.3, 0.4) is 0 Å². The van der Waals surface area contributed by atoms with Crippen molar-refractivity contribution in [1.82, 2.24) is 0 Å². The Kier molecular flexibility index (Phi) is 1.81. The van der Waals surface area contributed by atoms with Crippen LogP contribution in [0.25, 0.3) is 0 Å². The molecule has 0 spiro atoms. The number of aliphatic hydroxyl groups excluding tert-OH is 1. The molecule has 12 heavy (non-hydrogen) atoms. The largest absolute Gasteiger partial charge is 0.466 e. The van der Waals surface area contributed by atoms with Crippen LogP contribution in [0.15, 0.2) is 0 Å². The van der Waals surface area contributed by atoms with Gasteiger partial charge in [-0.15, -0.1) is 0 Å². The molecule has 1 aliphatic carbocycles. The van der Waals surface area contributed by atoms with Gasteiger partial charge in [-0.05, 0) is 5.92 Å². The summed E-state index contributed by atoms with van der Waals surface area (Å²) in [6.45, 7) is 2.44. The minimum atomic E-state index is -0.629. The molecule has 0 aromatic rings. The van der Waals surface area contributed by atoms with E-state index >= 15 is 0 Å². The monoisotopic (exact) mass is 172 g/mol. The van der Waals surface area contributed by atoms with Gasteiger partial charge in [-0.25, -0.2) is 0 Å². The Morgan fingerprint density at radius 3 is 3.00 bits per heavy atom. The van der Waals surface area contributed by atoms with Gasteiger partial charge in [-0.3, -0.25) is 4.79 Å². The molecule has 0 aromatic carbocycles. The third-order valence-corrected chi connectivity index (χ3v) is 2.67. The maximum absolute atomic E-state index is 10.5. The third kappa shape index (κ3) is 1.21. The lowest BCUT2D eigenvalue weighted by molar-refractivity contribution is -0.143. The normalized spacial score (nSPS) is 43.8. The highest BCUT2D eigenvalue weighted by Gasteiger charge is 2.59. The Morgan fingerprint density at radius 1 is 1.75 bits per heavy atom. The van der Waals surface area contributed by atoms with E-state index in [1.807, 2.05) is 0 Å². The first-order valence-corrected chi connectivity index (χ1v) is 4.13. The summed E-state index contributed by atoms with van der Waals surface area (Å²) < 4.78 is 9.81. The fourth-order valence-electron chi connectivity index (χ4n) is 1.90. The molecule has 1 N–H and O–H groups in total. The molecule has 68 valence electrons. The van der Waals surface area contributed by atoms with E-state index in [1.54, 1.807) is 0 Å². The molecule has 4 heteroatoms. The second-order valence-corrected chi connectivity index (χ2v) is 3.43. The molecule has 0 bridgehead atoms. The molecule has 0 aromatic heterocycles. The van der Waals surface area contributed by atoms with Crippen LogP contribution in [-0.4, -0.2) is 30.6 Å². The maximum atomic E-state index is 10.5. The zero-order chi connectivity index (χ0) is 8.72. The lowest BCUT2D eigenvalue weighted by atomic mass is 10.3. The predicted molar refractivity (Wildman–Crippen MR) is 39.1 cm³/mol. The van der Waals surface area contributed by atoms with Gasteiger partial charge in [0.05, 0.1) is 13.2 Å². The summed E-state index contributed by atoms with van der Waals surface area (Å²) in [6.07, 6.45) is -0.629. The molecule has 1 aliphatic heterocycles. The van der Waals surface area contributed by atoms with Crippen LogP contribution in [0.2, 0.25) is 0 Å². The summed E-state index contributed by atoms with van der Waals surface area (Å²) in [5, 5.41) is 9.21. The molecule has 2 fully saturated rings. The zero-order valence-electron chi connectivity index (χ0n) is 6.90. The number of carbonyl (C=O) groups is 1. The highest BCUT2D eigenvalue weighted by Crippen LogP contribution is 2.53. The van der Waals surface area contributed by atoms with Crippen molar-refractivity contribution in [2.45, 2.75) is 13.2 Å². The SMILES string of the molecule is CC(=O)OC[C@@H]1[C@@H]2CO[C@@H](O)[C@H]12. The smallest absolute Gasteiger partial charge is 0.302 e. The fourth-order valence-corrected chi connectivity index (χ4v) is 1.90. The molecule has 2 rings (SSSR count). The van der Waals surface area contributed by atoms with Crippen molar-refractivity contribution in [1.29, 1.82) is 0 Å². The Balaban J connectivity index is 1.77. The van der Waals surface area contributed by atoms with E-state index in [4.69, 9.17) is 9.47 Å². The summed E-state index contributed by atoms with van der Waals surface area (Å²) >= 11 is 0. The Labute approximate surface area is 70.5 Å². The molecule has 4 atom stereocenters. The Hall–Kier alpha value is -0.610. The second kappa shape index (κ2) is 2.71. The van der Waals surface area contributed by atoms with Crippen molar-refractivity contribution in [3.05, 3.63) is 0 Å². The molecule has 1 saturated heterocycles. The van der Waals surface area contributed by atoms with E-state index in [-0.39, 0.29) is 11.9 Å². The molecule has 0 unspecified atom stereocenters. The minimum Gasteiger partial charge on any atom is -0.466 e. The number of hydrogen-bond acceptors (Lipinski definition) is 4. The standard InChI is InChI=1S/C8H12O4/c1-4(9)11-2-5-6-3-12-8(10)7(5)6/h5-8,10H,2-3H2,1H3/t5-,6+,7-,8-/m1/s1. The average molecular weight is 172 g/mol. The lowest BCUT2D eigenvalue weighted by Crippen LogP contribution is -2.15. The van der Waals surface area contributed by atoms with Gasteiger partial charge in [0.15, 0.2) is 6.29 Å². The Morgan fingerprint density at radius 2 is 2.50 bits per heavy atom. The van der Waals surface area contributed by atoms with Crippen molar-refractivity contribution in [3.8, 4) is 0 Å². The highest BCUT2D eigenvalue weighted by atomic mass is 16.6. The van der Waals surface area contributed by atoms with E-state index in [2.05, 4.69) is 0 Å². The van der Waals surface area contributed by atoms with Crippen molar-refractivity contribution >= 4 is 5.97 Å². The molecule has 2 aliphatic rings. The fraction of sp³-hybridized carbons (Fsp3) is 0.875. The number of fused-ring (bicyclic) bond motifs is 1. The van der Waals surface area contributed by atoms with Gasteiger partial charge in [0, 0.05) is 18.8 Å². The summed E-state index contributed by atoms with van der Waals surface area (Å²) in [6, 6.07) is 0. The van der Waals surface area contributed by atoms with Crippen LogP contribution in [0.4, 0.5) is 0 Å². The lowest BCUT2D eigenvalue weighted by Gasteiger charge is -2.08. The van der Waals surface area contributed by atoms with E-state index in [9.17, 15) is 9.90 Å². The quantitative estimate of drug-likeness (QED) is 0.584. The molecule has 1 heterocycles. The van der Waals surface area contributed by atoms with E-state index in [0.717, 1.165) is 0 Å². The number of rotatable bonds is 2. The molecule has 0 amide bonds. The van der Waals surface area contributed by atoms with E-state index < -0.39 is 6.29 Å². The summed E-state index contributed by atoms with van der Waals surface area (Å²) in [5.41, 5.74) is 0. The maximum Gasteiger partial charge on any atom is 0.302 e. The van der Waals surface area contributed by atoms with Crippen molar-refractivity contribution in [2.24, 2.45) is 17.8 Å². The van der Waals surface area contributed by atoms with Gasteiger partial charge in [0.2, 0.25) is 0 Å². The first-order chi connectivity index (χ1) is 5.70. The summed E-state index contributed by atoms with van der Waals surface area (Å²) in [7, 11) is 0. The van der Waals surface area contributed by atoms with Gasteiger partial charge in [0.1, 0.15) is 0 Å². The predicted octanol–water partition coefficient (Wildman–Crippen LogP) is -0.240. The van der Waals surface area contributed by atoms with Crippen LogP contribution < -0.4 is 0 Å². The average Bonchev–Trinajstić information content (AvgIpc) is 2.58. The summed E-state index contributed by atoms with van der Waals surface area (Å²) in [4.78, 5) is 10.5. The molecular formula is C8H12O4. The summed E-state index contributed by atoms with van der Waals surface area (Å²) in [5.74, 6) is 0.705. The molecular weight excluding hydrogens is 160 g/mol. The van der Waals surface area contributed by atoms with Crippen LogP contribution in [0.1, 0.15) is 6.92 Å². The molecule has 4 nitrogen and oxygen atoms in total. The van der Waals surface area contributed by atoms with Crippen molar-refractivity contribution in [3.63, 3.8) is 0 Å². The first-order valence-electron chi connectivity index (χ1n) is 4.13. The van der Waals surface area contributed by atoms with Crippen LogP contribution >= 0.6 is 0 Å². The number of hydrogen-bond donors (Lipinski definition) is 1. The molecule has 1 saturated carbocycles.